The summed E-state index contributed by atoms with van der Waals surface area (Å²) in [6, 6.07) is 4.12. The fourth-order valence-electron chi connectivity index (χ4n) is 2.52. The molecule has 12 heteroatoms. The van der Waals surface area contributed by atoms with Gasteiger partial charge in [0.25, 0.3) is 5.91 Å². The first-order chi connectivity index (χ1) is 15.3. The predicted octanol–water partition coefficient (Wildman–Crippen LogP) is 3.62. The highest BCUT2D eigenvalue weighted by molar-refractivity contribution is 7.11. The summed E-state index contributed by atoms with van der Waals surface area (Å²) in [5, 5.41) is 10.5. The summed E-state index contributed by atoms with van der Waals surface area (Å²) in [6.07, 6.45) is 0. The fourth-order valence-corrected chi connectivity index (χ4v) is 3.20. The van der Waals surface area contributed by atoms with E-state index in [1.54, 1.807) is 0 Å². The molecule has 2 aromatic carbocycles. The molecule has 3 aromatic rings. The molecular formula is C18H10F4N2O5S. The maximum Gasteiger partial charge on any atom is 0.348 e. The Balaban J connectivity index is 2.06. The highest BCUT2D eigenvalue weighted by Crippen LogP contribution is 2.36. The van der Waals surface area contributed by atoms with Crippen LogP contribution in [0.1, 0.15) is 24.3 Å². The molecule has 0 fully saturated rings. The third-order valence-corrected chi connectivity index (χ3v) is 4.68. The topological polar surface area (TPSA) is 108 Å². The minimum atomic E-state index is -2.90. The zero-order valence-electron chi connectivity index (χ0n) is 17.3. The molecule has 0 aliphatic carbocycles. The number of benzene rings is 2. The van der Waals surface area contributed by atoms with E-state index in [0.717, 1.165) is 24.3 Å². The normalized spacial score (nSPS) is 12.6. The zero-order chi connectivity index (χ0) is 24.7. The van der Waals surface area contributed by atoms with Crippen LogP contribution in [0.15, 0.2) is 29.1 Å². The van der Waals surface area contributed by atoms with Crippen LogP contribution in [-0.2, 0) is 0 Å². The molecule has 3 N–H and O–H groups in total. The summed E-state index contributed by atoms with van der Waals surface area (Å²) in [4.78, 5) is 34.8. The molecule has 7 nitrogen and oxygen atoms in total. The number of hydrogen-bond donors (Lipinski definition) is 3. The Labute approximate surface area is 172 Å². The van der Waals surface area contributed by atoms with Crippen LogP contribution in [0.5, 0.6) is 5.75 Å². The number of H-pyrrole nitrogens is 1. The first-order valence-electron chi connectivity index (χ1n) is 9.23. The molecule has 0 radical (unpaired) electrons. The molecule has 0 aliphatic rings. The van der Waals surface area contributed by atoms with E-state index in [1.165, 1.54) is 5.32 Å². The van der Waals surface area contributed by atoms with Gasteiger partial charge in [-0.25, -0.2) is 22.4 Å². The van der Waals surface area contributed by atoms with Crippen LogP contribution in [-0.4, -0.2) is 29.0 Å². The molecule has 0 saturated heterocycles. The Morgan fingerprint density at radius 2 is 1.83 bits per heavy atom. The van der Waals surface area contributed by atoms with Gasteiger partial charge >= 0.3 is 10.8 Å². The number of hydrogen-bond acceptors (Lipinski definition) is 5. The number of aromatic amines is 1. The van der Waals surface area contributed by atoms with Crippen molar-refractivity contribution < 1.29 is 41.1 Å². The summed E-state index contributed by atoms with van der Waals surface area (Å²) in [5.41, 5.74) is -4.14. The number of halogens is 4. The highest BCUT2D eigenvalue weighted by Gasteiger charge is 2.29. The second-order valence-corrected chi connectivity index (χ2v) is 6.60. The second-order valence-electron chi connectivity index (χ2n) is 5.61. The van der Waals surface area contributed by atoms with E-state index < -0.39 is 74.4 Å². The van der Waals surface area contributed by atoms with Crippen LogP contribution in [0.3, 0.4) is 0 Å². The van der Waals surface area contributed by atoms with Crippen LogP contribution < -0.4 is 14.9 Å². The lowest BCUT2D eigenvalue weighted by Gasteiger charge is -2.13. The third-order valence-electron chi connectivity index (χ3n) is 3.81. The SMILES string of the molecule is [2H]C([2H])([2H])Oc1cccc(-c2c(F)c(F)c(NC(=O)c3[nH]c(=O)sc3C(=O)O)c(F)c2F)c1. The summed E-state index contributed by atoms with van der Waals surface area (Å²) in [6.45, 7) is 0. The van der Waals surface area contributed by atoms with Gasteiger partial charge < -0.3 is 20.1 Å². The van der Waals surface area contributed by atoms with Crippen LogP contribution >= 0.6 is 11.3 Å². The number of thiazole rings is 1. The molecule has 1 amide bonds. The Morgan fingerprint density at radius 1 is 1.17 bits per heavy atom. The molecule has 0 bridgehead atoms. The van der Waals surface area contributed by atoms with E-state index >= 15 is 0 Å². The van der Waals surface area contributed by atoms with Gasteiger partial charge in [0, 0.05) is 0 Å². The van der Waals surface area contributed by atoms with Crippen LogP contribution in [0, 0.1) is 23.3 Å². The summed E-state index contributed by atoms with van der Waals surface area (Å²) < 4.78 is 84.3. The van der Waals surface area contributed by atoms with Crippen molar-refractivity contribution in [3.63, 3.8) is 0 Å². The monoisotopic (exact) mass is 445 g/mol. The van der Waals surface area contributed by atoms with Gasteiger partial charge in [-0.1, -0.05) is 23.5 Å². The molecule has 1 aromatic heterocycles. The standard InChI is InChI=1S/C18H10F4N2O5S/c1-29-7-4-2-3-6(5-7)8-9(19)11(21)13(12(22)10(8)20)23-16(25)14-15(17(26)27)30-18(28)24-14/h2-5H,1H3,(H,23,25)(H,24,28)(H,26,27)/i1D3. The first-order valence-corrected chi connectivity index (χ1v) is 8.55. The van der Waals surface area contributed by atoms with Gasteiger partial charge in [0.15, 0.2) is 23.3 Å². The van der Waals surface area contributed by atoms with Crippen molar-refractivity contribution in [2.24, 2.45) is 0 Å². The van der Waals surface area contributed by atoms with Gasteiger partial charge in [-0.3, -0.25) is 9.59 Å². The number of amides is 1. The highest BCUT2D eigenvalue weighted by atomic mass is 32.1. The smallest absolute Gasteiger partial charge is 0.348 e. The number of aromatic carboxylic acids is 1. The maximum absolute atomic E-state index is 14.7. The van der Waals surface area contributed by atoms with E-state index in [-0.39, 0.29) is 17.1 Å². The van der Waals surface area contributed by atoms with E-state index in [9.17, 15) is 31.9 Å². The summed E-state index contributed by atoms with van der Waals surface area (Å²) >= 11 is 0.122. The molecule has 0 spiro atoms. The lowest BCUT2D eigenvalue weighted by molar-refractivity contribution is 0.0697. The molecule has 30 heavy (non-hydrogen) atoms. The number of methoxy groups -OCH3 is 1. The van der Waals surface area contributed by atoms with Crippen molar-refractivity contribution in [3.8, 4) is 16.9 Å². The van der Waals surface area contributed by atoms with Gasteiger partial charge in [-0.05, 0) is 17.7 Å². The van der Waals surface area contributed by atoms with Gasteiger partial charge in [-0.2, -0.15) is 0 Å². The molecule has 0 unspecified atom stereocenters. The van der Waals surface area contributed by atoms with Gasteiger partial charge in [0.1, 0.15) is 22.0 Å². The molecule has 0 atom stereocenters. The lowest BCUT2D eigenvalue weighted by atomic mass is 10.0. The Kier molecular flexibility index (Phi) is 4.58. The van der Waals surface area contributed by atoms with Crippen molar-refractivity contribution >= 4 is 28.9 Å². The second kappa shape index (κ2) is 7.99. The molecular weight excluding hydrogens is 432 g/mol. The summed E-state index contributed by atoms with van der Waals surface area (Å²) in [5.74, 6) is -11.5. The van der Waals surface area contributed by atoms with Gasteiger partial charge in [-0.15, -0.1) is 0 Å². The number of carbonyl (C=O) groups is 2. The number of nitrogens with one attached hydrogen (secondary N) is 2. The molecule has 3 rings (SSSR count). The first kappa shape index (κ1) is 17.2. The Morgan fingerprint density at radius 3 is 2.43 bits per heavy atom. The minimum Gasteiger partial charge on any atom is -0.497 e. The van der Waals surface area contributed by atoms with E-state index in [2.05, 4.69) is 4.74 Å². The van der Waals surface area contributed by atoms with Crippen molar-refractivity contribution in [2.75, 3.05) is 12.4 Å². The van der Waals surface area contributed by atoms with Crippen LogP contribution in [0.25, 0.3) is 11.1 Å². The molecule has 156 valence electrons. The van der Waals surface area contributed by atoms with Crippen LogP contribution in [0.2, 0.25) is 0 Å². The van der Waals surface area contributed by atoms with E-state index in [1.807, 2.05) is 4.98 Å². The Bertz CT molecular complexity index is 1310. The van der Waals surface area contributed by atoms with Crippen molar-refractivity contribution in [2.45, 2.75) is 0 Å². The molecule has 0 saturated carbocycles. The van der Waals surface area contributed by atoms with Crippen molar-refractivity contribution in [1.29, 1.82) is 0 Å². The number of carboxylic acids is 1. The predicted molar refractivity (Wildman–Crippen MR) is 98.1 cm³/mol. The average molecular weight is 445 g/mol. The fraction of sp³-hybridized carbons (Fsp3) is 0.0556. The van der Waals surface area contributed by atoms with Gasteiger partial charge in [0.2, 0.25) is 0 Å². The van der Waals surface area contributed by atoms with Crippen LogP contribution in [0.4, 0.5) is 23.2 Å². The summed E-state index contributed by atoms with van der Waals surface area (Å²) in [7, 11) is -2.90. The number of rotatable bonds is 5. The molecule has 1 heterocycles. The van der Waals surface area contributed by atoms with E-state index in [4.69, 9.17) is 9.22 Å². The average Bonchev–Trinajstić information content (AvgIpc) is 3.11. The zero-order valence-corrected chi connectivity index (χ0v) is 15.1. The number of anilines is 1. The quantitative estimate of drug-likeness (QED) is 0.411. The van der Waals surface area contributed by atoms with Gasteiger partial charge in [0.05, 0.1) is 16.7 Å². The number of carbonyl (C=O) groups excluding carboxylic acids is 1. The third kappa shape index (κ3) is 3.64. The number of ether oxygens (including phenoxy) is 1. The maximum atomic E-state index is 14.7. The largest absolute Gasteiger partial charge is 0.497 e. The molecule has 0 aliphatic heterocycles. The van der Waals surface area contributed by atoms with E-state index in [0.29, 0.717) is 0 Å². The number of aromatic nitrogens is 1. The minimum absolute atomic E-state index is 0.122. The van der Waals surface area contributed by atoms with Crippen molar-refractivity contribution in [3.05, 3.63) is 67.8 Å². The Hall–Kier alpha value is -3.67. The van der Waals surface area contributed by atoms with Crippen molar-refractivity contribution in [1.82, 2.24) is 4.98 Å². The lowest BCUT2D eigenvalue weighted by Crippen LogP contribution is -2.19. The number of carboxylic acid groups (broad SMARTS) is 1.